The Morgan fingerprint density at radius 2 is 1.96 bits per heavy atom. The molecule has 2 rings (SSSR count). The molecular formula is C17H26N2O4S. The highest BCUT2D eigenvalue weighted by Crippen LogP contribution is 2.60. The lowest BCUT2D eigenvalue weighted by molar-refractivity contribution is -0.139. The minimum absolute atomic E-state index is 0.00339. The number of aliphatic carboxylic acids is 1. The zero-order valence-corrected chi connectivity index (χ0v) is 15.6. The van der Waals surface area contributed by atoms with Crippen molar-refractivity contribution in [3.63, 3.8) is 0 Å². The SMILES string of the molecule is CC(C)(C)NS(=O)(=O)c1ccc(CC[C@H]2[C@H](C(=O)O)C2(C)C)cn1. The molecule has 0 aliphatic heterocycles. The lowest BCUT2D eigenvalue weighted by atomic mass is 10.0. The first-order valence-electron chi connectivity index (χ1n) is 8.06. The van der Waals surface area contributed by atoms with Gasteiger partial charge >= 0.3 is 5.97 Å². The molecule has 0 aromatic carbocycles. The van der Waals surface area contributed by atoms with Crippen LogP contribution in [0.15, 0.2) is 23.4 Å². The monoisotopic (exact) mass is 354 g/mol. The highest BCUT2D eigenvalue weighted by Gasteiger charge is 2.61. The summed E-state index contributed by atoms with van der Waals surface area (Å²) in [6, 6.07) is 3.24. The molecule has 2 atom stereocenters. The van der Waals surface area contributed by atoms with Crippen LogP contribution in [0.1, 0.15) is 46.6 Å². The molecule has 0 saturated heterocycles. The van der Waals surface area contributed by atoms with Gasteiger partial charge in [0.2, 0.25) is 0 Å². The van der Waals surface area contributed by atoms with Gasteiger partial charge in [0, 0.05) is 11.7 Å². The standard InChI is InChI=1S/C17H26N2O4S/c1-16(2,3)19-24(22,23)13-9-7-11(10-18-13)6-8-12-14(15(20)21)17(12,4)5/h7,9-10,12,14,19H,6,8H2,1-5H3,(H,20,21)/t12-,14+/m0/s1. The van der Waals surface area contributed by atoms with Crippen LogP contribution in [0.5, 0.6) is 0 Å². The summed E-state index contributed by atoms with van der Waals surface area (Å²) in [6.45, 7) is 9.27. The number of hydrogen-bond donors (Lipinski definition) is 2. The third kappa shape index (κ3) is 4.13. The van der Waals surface area contributed by atoms with Crippen molar-refractivity contribution < 1.29 is 18.3 Å². The molecule has 0 unspecified atom stereocenters. The van der Waals surface area contributed by atoms with Crippen molar-refractivity contribution in [3.8, 4) is 0 Å². The van der Waals surface area contributed by atoms with Crippen LogP contribution in [0.2, 0.25) is 0 Å². The van der Waals surface area contributed by atoms with Gasteiger partial charge in [-0.3, -0.25) is 4.79 Å². The third-order valence-electron chi connectivity index (χ3n) is 4.57. The fourth-order valence-corrected chi connectivity index (χ4v) is 4.62. The fourth-order valence-electron chi connectivity index (χ4n) is 3.27. The minimum Gasteiger partial charge on any atom is -0.481 e. The van der Waals surface area contributed by atoms with Gasteiger partial charge in [-0.25, -0.2) is 18.1 Å². The maximum Gasteiger partial charge on any atom is 0.307 e. The van der Waals surface area contributed by atoms with Crippen molar-refractivity contribution in [3.05, 3.63) is 23.9 Å². The van der Waals surface area contributed by atoms with Crippen molar-refractivity contribution in [2.24, 2.45) is 17.3 Å². The molecule has 0 amide bonds. The summed E-state index contributed by atoms with van der Waals surface area (Å²) < 4.78 is 27.0. The van der Waals surface area contributed by atoms with E-state index in [9.17, 15) is 18.3 Å². The Kier molecular flexibility index (Phi) is 4.80. The molecule has 1 fully saturated rings. The Hall–Kier alpha value is -1.47. The van der Waals surface area contributed by atoms with Crippen LogP contribution in [0.25, 0.3) is 0 Å². The van der Waals surface area contributed by atoms with Crippen LogP contribution in [0.4, 0.5) is 0 Å². The number of carboxylic acids is 1. The predicted octanol–water partition coefficient (Wildman–Crippen LogP) is 2.45. The molecule has 0 bridgehead atoms. The average molecular weight is 354 g/mol. The maximum absolute atomic E-state index is 12.2. The number of sulfonamides is 1. The van der Waals surface area contributed by atoms with Gasteiger partial charge in [-0.2, -0.15) is 0 Å². The summed E-state index contributed by atoms with van der Waals surface area (Å²) in [4.78, 5) is 15.2. The van der Waals surface area contributed by atoms with Gasteiger partial charge < -0.3 is 5.11 Å². The fraction of sp³-hybridized carbons (Fsp3) is 0.647. The van der Waals surface area contributed by atoms with Gasteiger partial charge in [0.1, 0.15) is 0 Å². The van der Waals surface area contributed by atoms with E-state index in [0.717, 1.165) is 12.0 Å². The quantitative estimate of drug-likeness (QED) is 0.818. The zero-order chi connectivity index (χ0) is 18.3. The van der Waals surface area contributed by atoms with Crippen molar-refractivity contribution in [2.75, 3.05) is 0 Å². The van der Waals surface area contributed by atoms with Crippen LogP contribution < -0.4 is 4.72 Å². The van der Waals surface area contributed by atoms with E-state index in [0.29, 0.717) is 6.42 Å². The first-order valence-corrected chi connectivity index (χ1v) is 9.54. The molecule has 134 valence electrons. The molecule has 6 nitrogen and oxygen atoms in total. The number of pyridine rings is 1. The third-order valence-corrected chi connectivity index (χ3v) is 6.25. The predicted molar refractivity (Wildman–Crippen MR) is 91.0 cm³/mol. The second-order valence-corrected chi connectivity index (χ2v) is 9.77. The summed E-state index contributed by atoms with van der Waals surface area (Å²) in [7, 11) is -3.63. The van der Waals surface area contributed by atoms with Gasteiger partial charge in [0.05, 0.1) is 5.92 Å². The molecule has 1 aromatic rings. The lowest BCUT2D eigenvalue weighted by Crippen LogP contribution is -2.40. The van der Waals surface area contributed by atoms with Gasteiger partial charge in [0.15, 0.2) is 5.03 Å². The van der Waals surface area contributed by atoms with E-state index in [1.54, 1.807) is 33.0 Å². The number of nitrogens with one attached hydrogen (secondary N) is 1. The van der Waals surface area contributed by atoms with Crippen molar-refractivity contribution in [1.82, 2.24) is 9.71 Å². The van der Waals surface area contributed by atoms with Crippen molar-refractivity contribution in [1.29, 1.82) is 0 Å². The lowest BCUT2D eigenvalue weighted by Gasteiger charge is -2.19. The number of aromatic nitrogens is 1. The maximum atomic E-state index is 12.2. The Morgan fingerprint density at radius 3 is 2.38 bits per heavy atom. The topological polar surface area (TPSA) is 96.4 Å². The van der Waals surface area contributed by atoms with Crippen molar-refractivity contribution in [2.45, 2.75) is 58.0 Å². The molecular weight excluding hydrogens is 328 g/mol. The van der Waals surface area contributed by atoms with Crippen LogP contribution >= 0.6 is 0 Å². The molecule has 0 radical (unpaired) electrons. The number of aryl methyl sites for hydroxylation is 1. The van der Waals surface area contributed by atoms with E-state index in [2.05, 4.69) is 9.71 Å². The Morgan fingerprint density at radius 1 is 1.33 bits per heavy atom. The Labute approximate surface area is 143 Å². The Bertz CT molecular complexity index is 718. The highest BCUT2D eigenvalue weighted by atomic mass is 32.2. The molecule has 7 heteroatoms. The number of nitrogens with zero attached hydrogens (tertiary/aromatic N) is 1. The zero-order valence-electron chi connectivity index (χ0n) is 14.8. The molecule has 1 aliphatic carbocycles. The number of carbonyl (C=O) groups is 1. The first-order chi connectivity index (χ1) is 10.8. The number of carboxylic acid groups (broad SMARTS) is 1. The van der Waals surface area contributed by atoms with E-state index >= 15 is 0 Å². The summed E-state index contributed by atoms with van der Waals surface area (Å²) in [6.07, 6.45) is 3.01. The highest BCUT2D eigenvalue weighted by molar-refractivity contribution is 7.89. The molecule has 1 heterocycles. The van der Waals surface area contributed by atoms with E-state index in [-0.39, 0.29) is 22.3 Å². The minimum atomic E-state index is -3.63. The molecule has 2 N–H and O–H groups in total. The largest absolute Gasteiger partial charge is 0.481 e. The summed E-state index contributed by atoms with van der Waals surface area (Å²) in [5.74, 6) is -0.875. The van der Waals surface area contributed by atoms with E-state index < -0.39 is 21.5 Å². The van der Waals surface area contributed by atoms with E-state index in [4.69, 9.17) is 0 Å². The number of rotatable bonds is 6. The van der Waals surface area contributed by atoms with Gasteiger partial charge in [-0.05, 0) is 56.6 Å². The molecule has 1 aliphatic rings. The van der Waals surface area contributed by atoms with E-state index in [1.807, 2.05) is 13.8 Å². The second-order valence-electron chi connectivity index (χ2n) is 8.14. The average Bonchev–Trinajstić information content (AvgIpc) is 2.96. The van der Waals surface area contributed by atoms with Gasteiger partial charge in [-0.15, -0.1) is 0 Å². The van der Waals surface area contributed by atoms with Crippen LogP contribution in [0, 0.1) is 17.3 Å². The second kappa shape index (κ2) is 6.11. The molecule has 1 aromatic heterocycles. The first kappa shape index (κ1) is 18.9. The van der Waals surface area contributed by atoms with Crippen LogP contribution in [0.3, 0.4) is 0 Å². The summed E-state index contributed by atoms with van der Waals surface area (Å²) in [5.41, 5.74) is 0.179. The van der Waals surface area contributed by atoms with Crippen LogP contribution in [-0.4, -0.2) is 30.0 Å². The molecule has 24 heavy (non-hydrogen) atoms. The summed E-state index contributed by atoms with van der Waals surface area (Å²) >= 11 is 0. The van der Waals surface area contributed by atoms with E-state index in [1.165, 1.54) is 6.07 Å². The smallest absolute Gasteiger partial charge is 0.307 e. The van der Waals surface area contributed by atoms with Crippen LogP contribution in [-0.2, 0) is 21.2 Å². The number of hydrogen-bond acceptors (Lipinski definition) is 4. The Balaban J connectivity index is 2.00. The van der Waals surface area contributed by atoms with Crippen molar-refractivity contribution >= 4 is 16.0 Å². The molecule has 0 spiro atoms. The van der Waals surface area contributed by atoms with Gasteiger partial charge in [0.25, 0.3) is 10.0 Å². The molecule has 1 saturated carbocycles. The summed E-state index contributed by atoms with van der Waals surface area (Å²) in [5, 5.41) is 9.19. The normalized spacial score (nSPS) is 23.0. The van der Waals surface area contributed by atoms with Gasteiger partial charge in [-0.1, -0.05) is 19.9 Å².